The molecule has 0 saturated heterocycles. The van der Waals surface area contributed by atoms with Crippen LogP contribution in [0.25, 0.3) is 11.3 Å². The molecule has 2 heterocycles. The van der Waals surface area contributed by atoms with Crippen molar-refractivity contribution in [1.82, 2.24) is 14.5 Å². The summed E-state index contributed by atoms with van der Waals surface area (Å²) in [6, 6.07) is 16.0. The van der Waals surface area contributed by atoms with Crippen LogP contribution in [0.4, 0.5) is 5.95 Å². The Morgan fingerprint density at radius 3 is 2.48 bits per heavy atom. The van der Waals surface area contributed by atoms with E-state index in [1.807, 2.05) is 60.4 Å². The molecular weight excluding hydrogens is 384 g/mol. The Morgan fingerprint density at radius 2 is 1.71 bits per heavy atom. The number of carbonyl (C=O) groups excluding carboxylic acids is 1. The Balaban J connectivity index is 1.55. The fourth-order valence-electron chi connectivity index (χ4n) is 3.75. The number of imidazole rings is 1. The summed E-state index contributed by atoms with van der Waals surface area (Å²) in [7, 11) is 1.92. The lowest BCUT2D eigenvalue weighted by Gasteiger charge is -2.12. The summed E-state index contributed by atoms with van der Waals surface area (Å²) < 4.78 is 1.93. The van der Waals surface area contributed by atoms with Gasteiger partial charge in [-0.3, -0.25) is 15.1 Å². The molecule has 0 spiro atoms. The van der Waals surface area contributed by atoms with Crippen LogP contribution in [-0.2, 0) is 13.5 Å². The van der Waals surface area contributed by atoms with Crippen molar-refractivity contribution in [3.63, 3.8) is 0 Å². The summed E-state index contributed by atoms with van der Waals surface area (Å²) in [6.07, 6.45) is 6.14. The third kappa shape index (κ3) is 4.40. The summed E-state index contributed by atoms with van der Waals surface area (Å²) in [5, 5.41) is 2.95. The Morgan fingerprint density at radius 1 is 0.935 bits per heavy atom. The molecule has 1 N–H and O–H groups in total. The molecule has 156 valence electrons. The van der Waals surface area contributed by atoms with Gasteiger partial charge in [0.05, 0.1) is 11.9 Å². The second kappa shape index (κ2) is 8.56. The lowest BCUT2D eigenvalue weighted by Crippen LogP contribution is -2.15. The van der Waals surface area contributed by atoms with E-state index in [1.165, 1.54) is 16.7 Å². The number of hydrogen-bond donors (Lipinski definition) is 1. The molecule has 0 aliphatic carbocycles. The topological polar surface area (TPSA) is 59.8 Å². The van der Waals surface area contributed by atoms with E-state index in [0.717, 1.165) is 28.8 Å². The lowest BCUT2D eigenvalue weighted by molar-refractivity contribution is 0.102. The molecule has 4 rings (SSSR count). The maximum atomic E-state index is 12.9. The van der Waals surface area contributed by atoms with Gasteiger partial charge in [0.2, 0.25) is 5.95 Å². The Labute approximate surface area is 182 Å². The van der Waals surface area contributed by atoms with Crippen molar-refractivity contribution in [2.24, 2.45) is 7.05 Å². The number of aryl methyl sites for hydroxylation is 3. The molecule has 5 heteroatoms. The van der Waals surface area contributed by atoms with Crippen molar-refractivity contribution >= 4 is 11.9 Å². The van der Waals surface area contributed by atoms with E-state index in [-0.39, 0.29) is 5.91 Å². The number of amides is 1. The van der Waals surface area contributed by atoms with Crippen LogP contribution < -0.4 is 5.32 Å². The number of nitrogens with zero attached hydrogens (tertiary/aromatic N) is 3. The number of carbonyl (C=O) groups is 1. The van der Waals surface area contributed by atoms with E-state index in [4.69, 9.17) is 0 Å². The lowest BCUT2D eigenvalue weighted by atomic mass is 9.99. The van der Waals surface area contributed by atoms with Crippen LogP contribution in [0.3, 0.4) is 0 Å². The fraction of sp³-hybridized carbons (Fsp3) is 0.192. The minimum atomic E-state index is -0.176. The zero-order valence-electron chi connectivity index (χ0n) is 18.3. The molecule has 2 aromatic heterocycles. The summed E-state index contributed by atoms with van der Waals surface area (Å²) in [6.45, 7) is 6.32. The summed E-state index contributed by atoms with van der Waals surface area (Å²) >= 11 is 0. The zero-order valence-corrected chi connectivity index (χ0v) is 18.3. The van der Waals surface area contributed by atoms with Crippen molar-refractivity contribution in [1.29, 1.82) is 0 Å². The van der Waals surface area contributed by atoms with Gasteiger partial charge in [0.15, 0.2) is 0 Å². The third-order valence-corrected chi connectivity index (χ3v) is 5.65. The van der Waals surface area contributed by atoms with Crippen LogP contribution in [0, 0.1) is 20.8 Å². The smallest absolute Gasteiger partial charge is 0.257 e. The predicted molar refractivity (Wildman–Crippen MR) is 124 cm³/mol. The highest BCUT2D eigenvalue weighted by Crippen LogP contribution is 2.28. The molecule has 5 nitrogen and oxygen atoms in total. The van der Waals surface area contributed by atoms with E-state index < -0.39 is 0 Å². The predicted octanol–water partition coefficient (Wildman–Crippen LogP) is 5.25. The molecule has 1 amide bonds. The highest BCUT2D eigenvalue weighted by molar-refractivity contribution is 6.03. The maximum Gasteiger partial charge on any atom is 0.257 e. The maximum absolute atomic E-state index is 12.9. The molecule has 0 aliphatic heterocycles. The molecule has 0 fully saturated rings. The first-order valence-corrected chi connectivity index (χ1v) is 10.3. The van der Waals surface area contributed by atoms with Gasteiger partial charge < -0.3 is 4.57 Å². The molecule has 4 aromatic rings. The first-order chi connectivity index (χ1) is 14.9. The molecule has 0 aliphatic rings. The Hall–Kier alpha value is -3.73. The molecule has 0 bridgehead atoms. The highest BCUT2D eigenvalue weighted by Gasteiger charge is 2.15. The van der Waals surface area contributed by atoms with Gasteiger partial charge in [-0.25, -0.2) is 4.98 Å². The number of pyridine rings is 1. The van der Waals surface area contributed by atoms with Gasteiger partial charge in [-0.2, -0.15) is 0 Å². The fourth-order valence-corrected chi connectivity index (χ4v) is 3.75. The monoisotopic (exact) mass is 410 g/mol. The van der Waals surface area contributed by atoms with Gasteiger partial charge in [0.1, 0.15) is 0 Å². The van der Waals surface area contributed by atoms with E-state index >= 15 is 0 Å². The number of hydrogen-bond acceptors (Lipinski definition) is 3. The van der Waals surface area contributed by atoms with Crippen LogP contribution in [0.15, 0.2) is 67.1 Å². The first-order valence-electron chi connectivity index (χ1n) is 10.3. The molecule has 0 atom stereocenters. The number of nitrogens with one attached hydrogen (secondary N) is 1. The molecule has 0 radical (unpaired) electrons. The van der Waals surface area contributed by atoms with Gasteiger partial charge in [0.25, 0.3) is 5.91 Å². The van der Waals surface area contributed by atoms with Crippen molar-refractivity contribution in [3.8, 4) is 11.3 Å². The molecule has 0 unspecified atom stereocenters. The molecule has 2 aromatic carbocycles. The SMILES string of the molecule is Cc1cc(C)c(-c2cnc(NC(=O)c3cccc(Cc4cccnc4)c3)n2C)cc1C. The Kier molecular flexibility index (Phi) is 5.67. The molecule has 31 heavy (non-hydrogen) atoms. The van der Waals surface area contributed by atoms with Crippen LogP contribution in [0.5, 0.6) is 0 Å². The number of aromatic nitrogens is 3. The number of rotatable bonds is 5. The van der Waals surface area contributed by atoms with Gasteiger partial charge in [0, 0.05) is 30.6 Å². The van der Waals surface area contributed by atoms with Crippen molar-refractivity contribution in [3.05, 3.63) is 101 Å². The highest BCUT2D eigenvalue weighted by atomic mass is 16.1. The molecular formula is C26H26N4O. The number of anilines is 1. The quantitative estimate of drug-likeness (QED) is 0.489. The average molecular weight is 411 g/mol. The summed E-state index contributed by atoms with van der Waals surface area (Å²) in [4.78, 5) is 21.5. The van der Waals surface area contributed by atoms with Crippen molar-refractivity contribution in [2.45, 2.75) is 27.2 Å². The van der Waals surface area contributed by atoms with Crippen LogP contribution >= 0.6 is 0 Å². The minimum absolute atomic E-state index is 0.176. The van der Waals surface area contributed by atoms with Gasteiger partial charge in [-0.05, 0) is 79.3 Å². The standard InChI is InChI=1S/C26H26N4O/c1-17-11-19(3)23(12-18(17)2)24-16-28-26(30(24)4)29-25(31)22-9-5-7-20(14-22)13-21-8-6-10-27-15-21/h5-12,14-16H,13H2,1-4H3,(H,28,29,31). The Bertz CT molecular complexity index is 1240. The van der Waals surface area contributed by atoms with Gasteiger partial charge >= 0.3 is 0 Å². The average Bonchev–Trinajstić information content (AvgIpc) is 3.11. The van der Waals surface area contributed by atoms with Crippen LogP contribution in [0.1, 0.15) is 38.2 Å². The van der Waals surface area contributed by atoms with Crippen LogP contribution in [0.2, 0.25) is 0 Å². The number of benzene rings is 2. The second-order valence-electron chi connectivity index (χ2n) is 7.97. The normalized spacial score (nSPS) is 10.8. The van der Waals surface area contributed by atoms with Crippen molar-refractivity contribution < 1.29 is 4.79 Å². The van der Waals surface area contributed by atoms with E-state index in [0.29, 0.717) is 11.5 Å². The summed E-state index contributed by atoms with van der Waals surface area (Å²) in [5.74, 6) is 0.348. The zero-order chi connectivity index (χ0) is 22.0. The van der Waals surface area contributed by atoms with Gasteiger partial charge in [-0.15, -0.1) is 0 Å². The van der Waals surface area contributed by atoms with Crippen molar-refractivity contribution in [2.75, 3.05) is 5.32 Å². The third-order valence-electron chi connectivity index (χ3n) is 5.65. The second-order valence-corrected chi connectivity index (χ2v) is 7.97. The van der Waals surface area contributed by atoms with E-state index in [2.05, 4.69) is 48.2 Å². The minimum Gasteiger partial charge on any atom is -0.313 e. The first kappa shape index (κ1) is 20.5. The largest absolute Gasteiger partial charge is 0.313 e. The van der Waals surface area contributed by atoms with Crippen LogP contribution in [-0.4, -0.2) is 20.4 Å². The van der Waals surface area contributed by atoms with Gasteiger partial charge in [-0.1, -0.05) is 24.3 Å². The summed E-state index contributed by atoms with van der Waals surface area (Å²) in [5.41, 5.74) is 8.56. The molecule has 0 saturated carbocycles. The van der Waals surface area contributed by atoms with E-state index in [1.54, 1.807) is 6.20 Å². The van der Waals surface area contributed by atoms with E-state index in [9.17, 15) is 4.79 Å².